The highest BCUT2D eigenvalue weighted by atomic mass is 16.5. The van der Waals surface area contributed by atoms with E-state index in [2.05, 4.69) is 5.32 Å². The van der Waals surface area contributed by atoms with Gasteiger partial charge >= 0.3 is 0 Å². The summed E-state index contributed by atoms with van der Waals surface area (Å²) in [6.07, 6.45) is 0. The quantitative estimate of drug-likeness (QED) is 0.820. The highest BCUT2D eigenvalue weighted by Crippen LogP contribution is 2.33. The van der Waals surface area contributed by atoms with E-state index in [1.807, 2.05) is 39.1 Å². The molecule has 17 heavy (non-hydrogen) atoms. The lowest BCUT2D eigenvalue weighted by molar-refractivity contribution is 0.343. The fourth-order valence-corrected chi connectivity index (χ4v) is 1.99. The monoisotopic (exact) mass is 238 g/mol. The molecule has 3 N–H and O–H groups in total. The van der Waals surface area contributed by atoms with Gasteiger partial charge in [0.05, 0.1) is 20.3 Å². The highest BCUT2D eigenvalue weighted by Gasteiger charge is 2.28. The normalized spacial score (nSPS) is 13.3. The molecule has 0 aromatic heterocycles. The van der Waals surface area contributed by atoms with Crippen LogP contribution in [0.3, 0.4) is 0 Å². The number of rotatable bonds is 5. The minimum Gasteiger partial charge on any atom is -0.497 e. The molecule has 0 aliphatic carbocycles. The van der Waals surface area contributed by atoms with Gasteiger partial charge in [0.15, 0.2) is 0 Å². The number of likely N-dealkylation sites (N-methyl/N-ethyl adjacent to an activating group) is 1. The van der Waals surface area contributed by atoms with Crippen LogP contribution in [0.2, 0.25) is 0 Å². The molecule has 0 spiro atoms. The molecule has 4 heteroatoms. The summed E-state index contributed by atoms with van der Waals surface area (Å²) in [5.74, 6) is 1.61. The first-order chi connectivity index (χ1) is 7.93. The molecule has 1 rings (SSSR count). The number of hydrogen-bond donors (Lipinski definition) is 2. The van der Waals surface area contributed by atoms with Crippen molar-refractivity contribution in [3.05, 3.63) is 23.8 Å². The molecule has 0 bridgehead atoms. The van der Waals surface area contributed by atoms with Crippen molar-refractivity contribution >= 4 is 0 Å². The summed E-state index contributed by atoms with van der Waals surface area (Å²) in [5.41, 5.74) is 6.79. The molecule has 0 radical (unpaired) electrons. The van der Waals surface area contributed by atoms with Crippen LogP contribution >= 0.6 is 0 Å². The van der Waals surface area contributed by atoms with E-state index in [1.165, 1.54) is 0 Å². The molecular weight excluding hydrogens is 216 g/mol. The zero-order chi connectivity index (χ0) is 13.1. The minimum atomic E-state index is -0.394. The van der Waals surface area contributed by atoms with Crippen LogP contribution in [0, 0.1) is 0 Å². The maximum absolute atomic E-state index is 6.18. The van der Waals surface area contributed by atoms with Crippen molar-refractivity contribution in [3.8, 4) is 11.5 Å². The van der Waals surface area contributed by atoms with Crippen molar-refractivity contribution in [2.75, 3.05) is 21.3 Å². The Morgan fingerprint density at radius 2 is 1.88 bits per heavy atom. The molecule has 1 aromatic carbocycles. The Morgan fingerprint density at radius 3 is 2.29 bits per heavy atom. The molecule has 0 fully saturated rings. The highest BCUT2D eigenvalue weighted by molar-refractivity contribution is 5.43. The van der Waals surface area contributed by atoms with Crippen LogP contribution in [0.25, 0.3) is 0 Å². The van der Waals surface area contributed by atoms with Gasteiger partial charge in [-0.05, 0) is 39.1 Å². The minimum absolute atomic E-state index is 0.00690. The van der Waals surface area contributed by atoms with E-state index in [-0.39, 0.29) is 6.04 Å². The van der Waals surface area contributed by atoms with E-state index < -0.39 is 5.54 Å². The molecule has 1 aromatic rings. The molecule has 0 amide bonds. The second kappa shape index (κ2) is 5.38. The number of methoxy groups -OCH3 is 2. The van der Waals surface area contributed by atoms with Crippen LogP contribution in [0.15, 0.2) is 18.2 Å². The fraction of sp³-hybridized carbons (Fsp3) is 0.538. The van der Waals surface area contributed by atoms with E-state index >= 15 is 0 Å². The van der Waals surface area contributed by atoms with E-state index in [4.69, 9.17) is 15.2 Å². The van der Waals surface area contributed by atoms with Gasteiger partial charge in [-0.3, -0.25) is 0 Å². The van der Waals surface area contributed by atoms with Gasteiger partial charge in [0.1, 0.15) is 11.5 Å². The zero-order valence-electron chi connectivity index (χ0n) is 11.2. The van der Waals surface area contributed by atoms with Crippen LogP contribution in [0.5, 0.6) is 11.5 Å². The lowest BCUT2D eigenvalue weighted by Crippen LogP contribution is -2.45. The Hall–Kier alpha value is -1.26. The van der Waals surface area contributed by atoms with E-state index in [9.17, 15) is 0 Å². The maximum atomic E-state index is 6.18. The third-order valence-electron chi connectivity index (χ3n) is 2.78. The van der Waals surface area contributed by atoms with Crippen LogP contribution in [-0.4, -0.2) is 26.8 Å². The Bertz CT molecular complexity index is 372. The number of ether oxygens (including phenoxy) is 2. The summed E-state index contributed by atoms with van der Waals surface area (Å²) in [5, 5.41) is 3.22. The van der Waals surface area contributed by atoms with E-state index in [1.54, 1.807) is 14.2 Å². The maximum Gasteiger partial charge on any atom is 0.123 e. The topological polar surface area (TPSA) is 56.5 Å². The molecule has 4 nitrogen and oxygen atoms in total. The molecule has 0 aliphatic heterocycles. The van der Waals surface area contributed by atoms with Crippen molar-refractivity contribution < 1.29 is 9.47 Å². The Morgan fingerprint density at radius 1 is 1.24 bits per heavy atom. The van der Waals surface area contributed by atoms with E-state index in [0.717, 1.165) is 17.1 Å². The second-order valence-corrected chi connectivity index (χ2v) is 4.65. The smallest absolute Gasteiger partial charge is 0.123 e. The summed E-state index contributed by atoms with van der Waals surface area (Å²) in [4.78, 5) is 0. The first kappa shape index (κ1) is 13.8. The van der Waals surface area contributed by atoms with Gasteiger partial charge in [0.25, 0.3) is 0 Å². The number of nitrogens with one attached hydrogen (secondary N) is 1. The van der Waals surface area contributed by atoms with Crippen molar-refractivity contribution in [1.82, 2.24) is 5.32 Å². The van der Waals surface area contributed by atoms with Crippen molar-refractivity contribution in [1.29, 1.82) is 0 Å². The van der Waals surface area contributed by atoms with Gasteiger partial charge in [-0.2, -0.15) is 0 Å². The SMILES string of the molecule is CNC(c1cc(OC)ccc1OC)C(C)(C)N. The predicted molar refractivity (Wildman–Crippen MR) is 69.6 cm³/mol. The molecule has 0 heterocycles. The van der Waals surface area contributed by atoms with Gasteiger partial charge in [-0.25, -0.2) is 0 Å². The van der Waals surface area contributed by atoms with Crippen molar-refractivity contribution in [2.24, 2.45) is 5.73 Å². The molecular formula is C13H22N2O2. The van der Waals surface area contributed by atoms with Crippen LogP contribution < -0.4 is 20.5 Å². The largest absolute Gasteiger partial charge is 0.497 e. The Balaban J connectivity index is 3.25. The second-order valence-electron chi connectivity index (χ2n) is 4.65. The first-order valence-corrected chi connectivity index (χ1v) is 5.62. The van der Waals surface area contributed by atoms with Gasteiger partial charge in [-0.1, -0.05) is 0 Å². The molecule has 0 aliphatic rings. The number of nitrogens with two attached hydrogens (primary N) is 1. The Kier molecular flexibility index (Phi) is 4.37. The summed E-state index contributed by atoms with van der Waals surface area (Å²) >= 11 is 0. The molecule has 1 unspecified atom stereocenters. The molecule has 96 valence electrons. The third kappa shape index (κ3) is 3.11. The summed E-state index contributed by atoms with van der Waals surface area (Å²) in [6.45, 7) is 3.96. The van der Waals surface area contributed by atoms with Crippen molar-refractivity contribution in [3.63, 3.8) is 0 Å². The summed E-state index contributed by atoms with van der Waals surface area (Å²) in [7, 11) is 5.19. The molecule has 0 saturated carbocycles. The molecule has 1 atom stereocenters. The summed E-state index contributed by atoms with van der Waals surface area (Å²) < 4.78 is 10.6. The van der Waals surface area contributed by atoms with Crippen molar-refractivity contribution in [2.45, 2.75) is 25.4 Å². The number of hydrogen-bond acceptors (Lipinski definition) is 4. The van der Waals surface area contributed by atoms with Gasteiger partial charge in [0, 0.05) is 11.1 Å². The molecule has 0 saturated heterocycles. The first-order valence-electron chi connectivity index (χ1n) is 5.62. The average molecular weight is 238 g/mol. The fourth-order valence-electron chi connectivity index (χ4n) is 1.99. The lowest BCUT2D eigenvalue weighted by Gasteiger charge is -2.31. The van der Waals surface area contributed by atoms with Gasteiger partial charge in [-0.15, -0.1) is 0 Å². The van der Waals surface area contributed by atoms with Crippen LogP contribution in [0.1, 0.15) is 25.5 Å². The van der Waals surface area contributed by atoms with Crippen LogP contribution in [0.4, 0.5) is 0 Å². The van der Waals surface area contributed by atoms with Gasteiger partial charge < -0.3 is 20.5 Å². The standard InChI is InChI=1S/C13H22N2O2/c1-13(2,14)12(15-3)10-8-9(16-4)6-7-11(10)17-5/h6-8,12,15H,14H2,1-5H3. The zero-order valence-corrected chi connectivity index (χ0v) is 11.2. The predicted octanol–water partition coefficient (Wildman–Crippen LogP) is 1.70. The Labute approximate surface area is 103 Å². The van der Waals surface area contributed by atoms with Gasteiger partial charge in [0.2, 0.25) is 0 Å². The summed E-state index contributed by atoms with van der Waals surface area (Å²) in [6, 6.07) is 5.71. The average Bonchev–Trinajstić information content (AvgIpc) is 2.28. The van der Waals surface area contributed by atoms with E-state index in [0.29, 0.717) is 0 Å². The third-order valence-corrected chi connectivity index (χ3v) is 2.78. The lowest BCUT2D eigenvalue weighted by atomic mass is 9.89. The number of benzene rings is 1. The van der Waals surface area contributed by atoms with Crippen LogP contribution in [-0.2, 0) is 0 Å².